The van der Waals surface area contributed by atoms with Gasteiger partial charge in [0.15, 0.2) is 11.6 Å². The normalized spacial score (nSPS) is 11.5. The average molecular weight is 244 g/mol. The van der Waals surface area contributed by atoms with E-state index in [0.29, 0.717) is 0 Å². The molecule has 0 aliphatic heterocycles. The van der Waals surface area contributed by atoms with Gasteiger partial charge in [-0.1, -0.05) is 17.3 Å². The molecule has 0 saturated carbocycles. The van der Waals surface area contributed by atoms with Gasteiger partial charge in [0, 0.05) is 6.07 Å². The summed E-state index contributed by atoms with van der Waals surface area (Å²) < 4.78 is 45.1. The van der Waals surface area contributed by atoms with Crippen molar-refractivity contribution in [2.45, 2.75) is 6.36 Å². The lowest BCUT2D eigenvalue weighted by molar-refractivity contribution is -0.274. The van der Waals surface area contributed by atoms with Crippen LogP contribution in [0.1, 0.15) is 0 Å². The van der Waals surface area contributed by atoms with Crippen molar-refractivity contribution < 1.29 is 22.4 Å². The number of hydrogen-bond donors (Lipinski definition) is 1. The second kappa shape index (κ2) is 4.00. The molecular weight excluding hydrogens is 237 g/mol. The maximum absolute atomic E-state index is 12.1. The van der Waals surface area contributed by atoms with E-state index in [2.05, 4.69) is 9.89 Å². The molecule has 2 N–H and O–H groups in total. The lowest BCUT2D eigenvalue weighted by Crippen LogP contribution is -2.17. The maximum Gasteiger partial charge on any atom is 0.573 e. The Morgan fingerprint density at radius 2 is 1.94 bits per heavy atom. The summed E-state index contributed by atoms with van der Waals surface area (Å²) in [6.07, 6.45) is -4.76. The molecule has 1 aromatic carbocycles. The Labute approximate surface area is 93.8 Å². The molecule has 0 amide bonds. The molecule has 0 radical (unpaired) electrons. The molecule has 4 nitrogen and oxygen atoms in total. The van der Waals surface area contributed by atoms with Crippen molar-refractivity contribution in [3.63, 3.8) is 0 Å². The van der Waals surface area contributed by atoms with Crippen molar-refractivity contribution in [3.05, 3.63) is 30.3 Å². The Hall–Kier alpha value is -2.18. The number of ether oxygens (including phenoxy) is 1. The first-order valence-electron chi connectivity index (χ1n) is 4.53. The van der Waals surface area contributed by atoms with E-state index in [1.165, 1.54) is 24.3 Å². The van der Waals surface area contributed by atoms with Gasteiger partial charge in [-0.3, -0.25) is 0 Å². The minimum atomic E-state index is -4.76. The lowest BCUT2D eigenvalue weighted by atomic mass is 10.1. The number of hydrogen-bond acceptors (Lipinski definition) is 4. The summed E-state index contributed by atoms with van der Waals surface area (Å²) >= 11 is 0. The van der Waals surface area contributed by atoms with Crippen LogP contribution in [0.2, 0.25) is 0 Å². The predicted octanol–water partition coefficient (Wildman–Crippen LogP) is 2.82. The van der Waals surface area contributed by atoms with Crippen LogP contribution in [-0.2, 0) is 0 Å². The van der Waals surface area contributed by atoms with E-state index in [-0.39, 0.29) is 22.9 Å². The second-order valence-electron chi connectivity index (χ2n) is 3.16. The van der Waals surface area contributed by atoms with Crippen LogP contribution in [0.3, 0.4) is 0 Å². The summed E-state index contributed by atoms with van der Waals surface area (Å²) in [7, 11) is 0. The molecule has 90 valence electrons. The Morgan fingerprint density at radius 1 is 1.24 bits per heavy atom. The zero-order valence-electron chi connectivity index (χ0n) is 8.36. The topological polar surface area (TPSA) is 61.3 Å². The molecule has 0 atom stereocenters. The monoisotopic (exact) mass is 244 g/mol. The molecule has 0 fully saturated rings. The van der Waals surface area contributed by atoms with Gasteiger partial charge in [0.1, 0.15) is 5.75 Å². The molecular formula is C10H7F3N2O2. The van der Waals surface area contributed by atoms with Crippen LogP contribution < -0.4 is 10.5 Å². The molecule has 0 aliphatic carbocycles. The summed E-state index contributed by atoms with van der Waals surface area (Å²) in [5.41, 5.74) is 5.46. The number of benzene rings is 1. The fourth-order valence-corrected chi connectivity index (χ4v) is 1.30. The SMILES string of the molecule is Nc1cc(-c2ccccc2OC(F)(F)F)on1. The summed E-state index contributed by atoms with van der Waals surface area (Å²) in [5, 5.41) is 3.40. The zero-order chi connectivity index (χ0) is 12.5. The van der Waals surface area contributed by atoms with Crippen molar-refractivity contribution in [2.24, 2.45) is 0 Å². The van der Waals surface area contributed by atoms with E-state index in [1.807, 2.05) is 0 Å². The van der Waals surface area contributed by atoms with Crippen LogP contribution in [0, 0.1) is 0 Å². The largest absolute Gasteiger partial charge is 0.573 e. The summed E-state index contributed by atoms with van der Waals surface area (Å²) in [6, 6.07) is 6.89. The van der Waals surface area contributed by atoms with Crippen LogP contribution in [0.25, 0.3) is 11.3 Å². The number of rotatable bonds is 2. The Morgan fingerprint density at radius 3 is 2.53 bits per heavy atom. The molecule has 0 bridgehead atoms. The molecule has 1 heterocycles. The molecule has 0 aliphatic rings. The Bertz CT molecular complexity index is 522. The number of anilines is 1. The fourth-order valence-electron chi connectivity index (χ4n) is 1.30. The molecule has 0 unspecified atom stereocenters. The molecule has 0 saturated heterocycles. The third kappa shape index (κ3) is 2.68. The van der Waals surface area contributed by atoms with Gasteiger partial charge in [0.25, 0.3) is 0 Å². The van der Waals surface area contributed by atoms with Gasteiger partial charge in [0.05, 0.1) is 5.56 Å². The van der Waals surface area contributed by atoms with Crippen molar-refractivity contribution in [1.82, 2.24) is 5.16 Å². The smallest absolute Gasteiger partial charge is 0.405 e. The van der Waals surface area contributed by atoms with Gasteiger partial charge < -0.3 is 15.0 Å². The number of alkyl halides is 3. The third-order valence-electron chi connectivity index (χ3n) is 1.91. The van der Waals surface area contributed by atoms with Gasteiger partial charge in [-0.25, -0.2) is 0 Å². The summed E-state index contributed by atoms with van der Waals surface area (Å²) in [4.78, 5) is 0. The molecule has 2 aromatic rings. The van der Waals surface area contributed by atoms with Crippen molar-refractivity contribution >= 4 is 5.82 Å². The minimum Gasteiger partial charge on any atom is -0.405 e. The summed E-state index contributed by atoms with van der Waals surface area (Å²) in [6.45, 7) is 0. The summed E-state index contributed by atoms with van der Waals surface area (Å²) in [5.74, 6) is -0.166. The molecule has 2 rings (SSSR count). The van der Waals surface area contributed by atoms with E-state index < -0.39 is 6.36 Å². The highest BCUT2D eigenvalue weighted by atomic mass is 19.4. The molecule has 0 spiro atoms. The quantitative estimate of drug-likeness (QED) is 0.882. The highest BCUT2D eigenvalue weighted by Gasteiger charge is 2.32. The number of nitrogens with two attached hydrogens (primary N) is 1. The first-order chi connectivity index (χ1) is 7.96. The fraction of sp³-hybridized carbons (Fsp3) is 0.100. The van der Waals surface area contributed by atoms with Crippen LogP contribution in [-0.4, -0.2) is 11.5 Å². The first-order valence-corrected chi connectivity index (χ1v) is 4.53. The Kier molecular flexibility index (Phi) is 2.66. The molecule has 1 aromatic heterocycles. The molecule has 17 heavy (non-hydrogen) atoms. The number of halogens is 3. The lowest BCUT2D eigenvalue weighted by Gasteiger charge is -2.11. The zero-order valence-corrected chi connectivity index (χ0v) is 8.36. The molecule has 7 heteroatoms. The minimum absolute atomic E-state index is 0.0850. The van der Waals surface area contributed by atoms with E-state index >= 15 is 0 Å². The first kappa shape index (κ1) is 11.3. The van der Waals surface area contributed by atoms with Crippen LogP contribution in [0.4, 0.5) is 19.0 Å². The van der Waals surface area contributed by atoms with E-state index in [1.54, 1.807) is 6.07 Å². The average Bonchev–Trinajstić information content (AvgIpc) is 2.63. The highest BCUT2D eigenvalue weighted by molar-refractivity contribution is 5.67. The van der Waals surface area contributed by atoms with Crippen LogP contribution in [0.15, 0.2) is 34.9 Å². The van der Waals surface area contributed by atoms with Crippen molar-refractivity contribution in [2.75, 3.05) is 5.73 Å². The number of aromatic nitrogens is 1. The predicted molar refractivity (Wildman–Crippen MR) is 53.0 cm³/mol. The second-order valence-corrected chi connectivity index (χ2v) is 3.16. The van der Waals surface area contributed by atoms with Gasteiger partial charge in [-0.15, -0.1) is 13.2 Å². The van der Waals surface area contributed by atoms with E-state index in [9.17, 15) is 13.2 Å². The van der Waals surface area contributed by atoms with Gasteiger partial charge in [-0.05, 0) is 12.1 Å². The van der Waals surface area contributed by atoms with Gasteiger partial charge in [-0.2, -0.15) is 0 Å². The third-order valence-corrected chi connectivity index (χ3v) is 1.91. The van der Waals surface area contributed by atoms with E-state index in [0.717, 1.165) is 0 Å². The van der Waals surface area contributed by atoms with Gasteiger partial charge in [0.2, 0.25) is 0 Å². The maximum atomic E-state index is 12.1. The van der Waals surface area contributed by atoms with Crippen LogP contribution >= 0.6 is 0 Å². The van der Waals surface area contributed by atoms with Crippen molar-refractivity contribution in [3.8, 4) is 17.1 Å². The number of para-hydroxylation sites is 1. The van der Waals surface area contributed by atoms with Gasteiger partial charge >= 0.3 is 6.36 Å². The number of nitrogen functional groups attached to an aromatic ring is 1. The highest BCUT2D eigenvalue weighted by Crippen LogP contribution is 2.34. The Balaban J connectivity index is 2.41. The number of nitrogens with zero attached hydrogens (tertiary/aromatic N) is 1. The standard InChI is InChI=1S/C10H7F3N2O2/c11-10(12,13)16-7-4-2-1-3-6(7)8-5-9(14)15-17-8/h1-5H,(H2,14,15). The van der Waals surface area contributed by atoms with E-state index in [4.69, 9.17) is 10.3 Å². The van der Waals surface area contributed by atoms with Crippen LogP contribution in [0.5, 0.6) is 5.75 Å². The van der Waals surface area contributed by atoms with Crippen molar-refractivity contribution in [1.29, 1.82) is 0 Å².